The van der Waals surface area contributed by atoms with Gasteiger partial charge < -0.3 is 9.63 Å². The molecule has 2 rings (SSSR count). The maximum atomic E-state index is 10.8. The van der Waals surface area contributed by atoms with E-state index in [4.69, 9.17) is 9.63 Å². The zero-order valence-corrected chi connectivity index (χ0v) is 9.97. The summed E-state index contributed by atoms with van der Waals surface area (Å²) in [6.07, 6.45) is 3.19. The van der Waals surface area contributed by atoms with Crippen molar-refractivity contribution in [3.8, 4) is 0 Å². The summed E-state index contributed by atoms with van der Waals surface area (Å²) in [7, 11) is 0. The number of rotatable bonds is 4. The van der Waals surface area contributed by atoms with E-state index in [1.54, 1.807) is 19.4 Å². The van der Waals surface area contributed by atoms with E-state index in [2.05, 4.69) is 10.1 Å². The maximum Gasteiger partial charge on any atom is 0.347 e. The summed E-state index contributed by atoms with van der Waals surface area (Å²) >= 11 is 2.67. The minimum absolute atomic E-state index is 0.299. The van der Waals surface area contributed by atoms with Gasteiger partial charge in [0.05, 0.1) is 11.9 Å². The van der Waals surface area contributed by atoms with Crippen molar-refractivity contribution in [2.75, 3.05) is 0 Å². The largest absolute Gasteiger partial charge is 0.477 e. The Morgan fingerprint density at radius 2 is 2.50 bits per heavy atom. The summed E-state index contributed by atoms with van der Waals surface area (Å²) in [5.74, 6) is -0.248. The van der Waals surface area contributed by atoms with Crippen molar-refractivity contribution >= 4 is 29.1 Å². The normalized spacial score (nSPS) is 10.6. The summed E-state index contributed by atoms with van der Waals surface area (Å²) in [6, 6.07) is 0. The van der Waals surface area contributed by atoms with Gasteiger partial charge >= 0.3 is 5.97 Å². The van der Waals surface area contributed by atoms with Crippen LogP contribution in [-0.2, 0) is 5.75 Å². The molecule has 2 aromatic heterocycles. The van der Waals surface area contributed by atoms with Crippen LogP contribution in [0.4, 0.5) is 0 Å². The molecule has 7 heteroatoms. The second-order valence-corrected chi connectivity index (χ2v) is 5.24. The van der Waals surface area contributed by atoms with E-state index in [9.17, 15) is 4.79 Å². The van der Waals surface area contributed by atoms with Crippen LogP contribution in [0.3, 0.4) is 0 Å². The topological polar surface area (TPSA) is 76.2 Å². The molecule has 2 aromatic rings. The number of aromatic nitrogens is 2. The number of carboxylic acids is 1. The summed E-state index contributed by atoms with van der Waals surface area (Å²) in [5.41, 5.74) is 1.51. The molecule has 5 nitrogen and oxygen atoms in total. The highest BCUT2D eigenvalue weighted by molar-refractivity contribution is 8.00. The zero-order chi connectivity index (χ0) is 11.5. The zero-order valence-electron chi connectivity index (χ0n) is 8.34. The number of thioether (sulfide) groups is 1. The number of aryl methyl sites for hydroxylation is 1. The molecular weight excluding hydrogens is 248 g/mol. The van der Waals surface area contributed by atoms with Crippen molar-refractivity contribution in [3.05, 3.63) is 28.6 Å². The second-order valence-electron chi connectivity index (χ2n) is 3.02. The van der Waals surface area contributed by atoms with Gasteiger partial charge in [-0.25, -0.2) is 9.78 Å². The van der Waals surface area contributed by atoms with Crippen molar-refractivity contribution in [2.24, 2.45) is 0 Å². The van der Waals surface area contributed by atoms with Crippen molar-refractivity contribution in [1.29, 1.82) is 0 Å². The van der Waals surface area contributed by atoms with Gasteiger partial charge in [-0.05, 0) is 6.92 Å². The first-order chi connectivity index (χ1) is 7.66. The molecule has 16 heavy (non-hydrogen) atoms. The van der Waals surface area contributed by atoms with Crippen molar-refractivity contribution < 1.29 is 14.4 Å². The summed E-state index contributed by atoms with van der Waals surface area (Å²) < 4.78 is 5.44. The predicted molar refractivity (Wildman–Crippen MR) is 59.9 cm³/mol. The molecule has 0 fully saturated rings. The van der Waals surface area contributed by atoms with Gasteiger partial charge in [0.2, 0.25) is 0 Å². The van der Waals surface area contributed by atoms with Crippen LogP contribution in [0.2, 0.25) is 0 Å². The number of hydrogen-bond acceptors (Lipinski definition) is 6. The molecule has 2 heterocycles. The maximum absolute atomic E-state index is 10.8. The van der Waals surface area contributed by atoms with Crippen LogP contribution in [0.1, 0.15) is 20.9 Å². The van der Waals surface area contributed by atoms with Gasteiger partial charge in [0.15, 0.2) is 4.34 Å². The average Bonchev–Trinajstić information content (AvgIpc) is 2.83. The van der Waals surface area contributed by atoms with Crippen LogP contribution in [0.25, 0.3) is 0 Å². The van der Waals surface area contributed by atoms with Crippen LogP contribution in [0, 0.1) is 6.92 Å². The first-order valence-corrected chi connectivity index (χ1v) is 6.19. The van der Waals surface area contributed by atoms with E-state index in [1.165, 1.54) is 23.1 Å². The molecule has 0 unspecified atom stereocenters. The Morgan fingerprint density at radius 3 is 3.06 bits per heavy atom. The lowest BCUT2D eigenvalue weighted by Crippen LogP contribution is -1.94. The Kier molecular flexibility index (Phi) is 3.25. The molecule has 1 N–H and O–H groups in total. The molecule has 0 aliphatic heterocycles. The highest BCUT2D eigenvalue weighted by Gasteiger charge is 2.14. The Balaban J connectivity index is 2.05. The van der Waals surface area contributed by atoms with Gasteiger partial charge in [-0.3, -0.25) is 0 Å². The van der Waals surface area contributed by atoms with Gasteiger partial charge in [0.1, 0.15) is 11.1 Å². The predicted octanol–water partition coefficient (Wildman–Crippen LogP) is 2.43. The molecule has 0 atom stereocenters. The molecule has 0 amide bonds. The Hall–Kier alpha value is -1.34. The number of aromatic carboxylic acids is 1. The number of carbonyl (C=O) groups is 1. The van der Waals surface area contributed by atoms with E-state index in [0.717, 1.165) is 9.90 Å². The number of carboxylic acid groups (broad SMARTS) is 1. The lowest BCUT2D eigenvalue weighted by Gasteiger charge is -1.91. The third-order valence-electron chi connectivity index (χ3n) is 1.82. The molecule has 0 spiro atoms. The smallest absolute Gasteiger partial charge is 0.347 e. The molecule has 0 saturated carbocycles. The van der Waals surface area contributed by atoms with Crippen LogP contribution < -0.4 is 0 Å². The minimum Gasteiger partial charge on any atom is -0.477 e. The SMILES string of the molecule is Cc1nc(SCc2cnoc2)sc1C(=O)O. The molecule has 0 aliphatic rings. The molecule has 0 aromatic carbocycles. The Morgan fingerprint density at radius 1 is 1.69 bits per heavy atom. The van der Waals surface area contributed by atoms with Gasteiger partial charge in [-0.1, -0.05) is 16.9 Å². The van der Waals surface area contributed by atoms with Gasteiger partial charge in [-0.15, -0.1) is 11.3 Å². The average molecular weight is 256 g/mol. The van der Waals surface area contributed by atoms with Crippen molar-refractivity contribution in [3.63, 3.8) is 0 Å². The Bertz CT molecular complexity index is 493. The standard InChI is InChI=1S/C9H8N2O3S2/c1-5-7(8(12)13)16-9(11-5)15-4-6-2-10-14-3-6/h2-3H,4H2,1H3,(H,12,13). The highest BCUT2D eigenvalue weighted by atomic mass is 32.2. The van der Waals surface area contributed by atoms with Crippen LogP contribution >= 0.6 is 23.1 Å². The number of hydrogen-bond donors (Lipinski definition) is 1. The fraction of sp³-hybridized carbons (Fsp3) is 0.222. The lowest BCUT2D eigenvalue weighted by molar-refractivity contribution is 0.0701. The van der Waals surface area contributed by atoms with Crippen LogP contribution in [0.5, 0.6) is 0 Å². The van der Waals surface area contributed by atoms with Crippen LogP contribution in [0.15, 0.2) is 21.3 Å². The first-order valence-electron chi connectivity index (χ1n) is 4.38. The molecule has 0 aliphatic carbocycles. The molecule has 0 radical (unpaired) electrons. The summed E-state index contributed by atoms with van der Waals surface area (Å²) in [5, 5.41) is 12.5. The van der Waals surface area contributed by atoms with Crippen LogP contribution in [-0.4, -0.2) is 21.2 Å². The second kappa shape index (κ2) is 4.67. The highest BCUT2D eigenvalue weighted by Crippen LogP contribution is 2.29. The number of thiazole rings is 1. The third kappa shape index (κ3) is 2.42. The number of nitrogens with zero attached hydrogens (tertiary/aromatic N) is 2. The third-order valence-corrected chi connectivity index (χ3v) is 4.18. The van der Waals surface area contributed by atoms with E-state index >= 15 is 0 Å². The molecular formula is C9H8N2O3S2. The van der Waals surface area contributed by atoms with Gasteiger partial charge in [0.25, 0.3) is 0 Å². The van der Waals surface area contributed by atoms with E-state index in [0.29, 0.717) is 16.3 Å². The summed E-state index contributed by atoms with van der Waals surface area (Å²) in [4.78, 5) is 15.3. The first kappa shape index (κ1) is 11.2. The summed E-state index contributed by atoms with van der Waals surface area (Å²) in [6.45, 7) is 1.70. The van der Waals surface area contributed by atoms with Gasteiger partial charge in [-0.2, -0.15) is 0 Å². The van der Waals surface area contributed by atoms with Crippen molar-refractivity contribution in [2.45, 2.75) is 17.0 Å². The van der Waals surface area contributed by atoms with E-state index < -0.39 is 5.97 Å². The van der Waals surface area contributed by atoms with E-state index in [1.807, 2.05) is 0 Å². The Labute approximate surface area is 99.5 Å². The molecule has 0 saturated heterocycles. The lowest BCUT2D eigenvalue weighted by atomic mass is 10.4. The van der Waals surface area contributed by atoms with E-state index in [-0.39, 0.29) is 0 Å². The quantitative estimate of drug-likeness (QED) is 0.847. The monoisotopic (exact) mass is 256 g/mol. The molecule has 84 valence electrons. The van der Waals surface area contributed by atoms with Gasteiger partial charge in [0, 0.05) is 11.3 Å². The fourth-order valence-electron chi connectivity index (χ4n) is 1.07. The van der Waals surface area contributed by atoms with Crippen molar-refractivity contribution in [1.82, 2.24) is 10.1 Å². The fourth-order valence-corrected chi connectivity index (χ4v) is 3.01. The molecule has 0 bridgehead atoms. The minimum atomic E-state index is -0.924.